The van der Waals surface area contributed by atoms with Crippen molar-refractivity contribution in [3.8, 4) is 11.1 Å². The van der Waals surface area contributed by atoms with Crippen molar-refractivity contribution in [2.75, 3.05) is 14.1 Å². The molecule has 2 aromatic rings. The van der Waals surface area contributed by atoms with E-state index in [9.17, 15) is 14.0 Å². The second-order valence-electron chi connectivity index (χ2n) is 6.79. The zero-order chi connectivity index (χ0) is 18.8. The number of hydrogen-bond donors (Lipinski definition) is 2. The average Bonchev–Trinajstić information content (AvgIpc) is 2.65. The average molecular weight is 356 g/mol. The maximum atomic E-state index is 14.4. The summed E-state index contributed by atoms with van der Waals surface area (Å²) < 4.78 is 14.4. The third-order valence-electron chi connectivity index (χ3n) is 4.85. The highest BCUT2D eigenvalue weighted by Crippen LogP contribution is 2.30. The third kappa shape index (κ3) is 3.46. The van der Waals surface area contributed by atoms with Gasteiger partial charge in [-0.1, -0.05) is 24.3 Å². The van der Waals surface area contributed by atoms with E-state index in [2.05, 4.69) is 0 Å². The van der Waals surface area contributed by atoms with Crippen LogP contribution in [0.3, 0.4) is 0 Å². The number of fused-ring (bicyclic) bond motifs is 1. The van der Waals surface area contributed by atoms with E-state index in [-0.39, 0.29) is 23.3 Å². The predicted molar refractivity (Wildman–Crippen MR) is 95.3 cm³/mol. The molecular formula is C20H21FN2O3. The normalized spacial score (nSPS) is 15.9. The molecule has 0 radical (unpaired) electrons. The first-order valence-electron chi connectivity index (χ1n) is 8.48. The highest BCUT2D eigenvalue weighted by Gasteiger charge is 2.24. The number of carbonyl (C=O) groups is 2. The molecule has 0 bridgehead atoms. The zero-order valence-electron chi connectivity index (χ0n) is 14.8. The number of amides is 2. The highest BCUT2D eigenvalue weighted by molar-refractivity contribution is 5.94. The van der Waals surface area contributed by atoms with E-state index >= 15 is 0 Å². The van der Waals surface area contributed by atoms with E-state index in [1.807, 2.05) is 18.2 Å². The number of nitrogens with zero attached hydrogens (tertiary/aromatic N) is 1. The van der Waals surface area contributed by atoms with Crippen LogP contribution in [0.4, 0.5) is 4.39 Å². The molecule has 2 amide bonds. The summed E-state index contributed by atoms with van der Waals surface area (Å²) in [5.74, 6) is -1.58. The fraction of sp³-hybridized carbons (Fsp3) is 0.300. The van der Waals surface area contributed by atoms with Gasteiger partial charge in [-0.05, 0) is 53.6 Å². The lowest BCUT2D eigenvalue weighted by atomic mass is 9.82. The fourth-order valence-corrected chi connectivity index (χ4v) is 3.36. The van der Waals surface area contributed by atoms with Crippen molar-refractivity contribution in [1.82, 2.24) is 10.4 Å². The minimum absolute atomic E-state index is 0.0383. The Balaban J connectivity index is 1.90. The molecule has 5 nitrogen and oxygen atoms in total. The molecule has 0 saturated heterocycles. The molecule has 0 saturated carbocycles. The van der Waals surface area contributed by atoms with Crippen molar-refractivity contribution in [1.29, 1.82) is 0 Å². The summed E-state index contributed by atoms with van der Waals surface area (Å²) in [6.45, 7) is 0. The van der Waals surface area contributed by atoms with Crippen molar-refractivity contribution in [2.45, 2.75) is 19.3 Å². The summed E-state index contributed by atoms with van der Waals surface area (Å²) in [6.07, 6.45) is 1.99. The van der Waals surface area contributed by atoms with Gasteiger partial charge in [0.25, 0.3) is 5.91 Å². The summed E-state index contributed by atoms with van der Waals surface area (Å²) in [5, 5.41) is 8.84. The Bertz CT molecular complexity index is 864. The lowest BCUT2D eigenvalue weighted by molar-refractivity contribution is -0.133. The Kier molecular flexibility index (Phi) is 5.04. The molecule has 2 N–H and O–H groups in total. The van der Waals surface area contributed by atoms with Crippen LogP contribution in [0.2, 0.25) is 0 Å². The first kappa shape index (κ1) is 18.1. The smallest absolute Gasteiger partial charge is 0.256 e. The van der Waals surface area contributed by atoms with E-state index in [0.717, 1.165) is 23.1 Å². The molecule has 0 aliphatic heterocycles. The van der Waals surface area contributed by atoms with Gasteiger partial charge in [0.05, 0.1) is 5.56 Å². The van der Waals surface area contributed by atoms with E-state index < -0.39 is 5.82 Å². The Morgan fingerprint density at radius 2 is 1.81 bits per heavy atom. The molecular weight excluding hydrogens is 335 g/mol. The summed E-state index contributed by atoms with van der Waals surface area (Å²) in [6, 6.07) is 10.5. The largest absolute Gasteiger partial charge is 0.345 e. The molecule has 0 heterocycles. The number of benzene rings is 2. The van der Waals surface area contributed by atoms with Crippen LogP contribution in [0, 0.1) is 11.7 Å². The molecule has 0 fully saturated rings. The van der Waals surface area contributed by atoms with Gasteiger partial charge >= 0.3 is 0 Å². The molecule has 1 unspecified atom stereocenters. The number of hydroxylamine groups is 1. The molecule has 136 valence electrons. The zero-order valence-corrected chi connectivity index (χ0v) is 14.8. The van der Waals surface area contributed by atoms with Crippen LogP contribution in [0.25, 0.3) is 11.1 Å². The van der Waals surface area contributed by atoms with Gasteiger partial charge in [-0.2, -0.15) is 0 Å². The highest BCUT2D eigenvalue weighted by atomic mass is 19.1. The van der Waals surface area contributed by atoms with Gasteiger partial charge in [-0.15, -0.1) is 0 Å². The van der Waals surface area contributed by atoms with E-state index in [4.69, 9.17) is 5.21 Å². The lowest BCUT2D eigenvalue weighted by Crippen LogP contribution is -2.31. The number of halogens is 1. The standard InChI is InChI=1S/C20H21FN2O3/c1-23(2)20(25)17-8-7-14(11-18(17)21)13-5-3-12-4-6-15(19(24)22-26)10-16(12)9-13/h3,5,7-9,11,15,26H,4,6,10H2,1-2H3,(H,22,24). The van der Waals surface area contributed by atoms with Crippen LogP contribution in [0.5, 0.6) is 0 Å². The number of aryl methyl sites for hydroxylation is 1. The Labute approximate surface area is 151 Å². The van der Waals surface area contributed by atoms with E-state index in [1.54, 1.807) is 25.6 Å². The second kappa shape index (κ2) is 7.25. The van der Waals surface area contributed by atoms with Gasteiger partial charge in [-0.25, -0.2) is 9.87 Å². The maximum Gasteiger partial charge on any atom is 0.256 e. The van der Waals surface area contributed by atoms with Crippen molar-refractivity contribution >= 4 is 11.8 Å². The van der Waals surface area contributed by atoms with Crippen molar-refractivity contribution < 1.29 is 19.2 Å². The lowest BCUT2D eigenvalue weighted by Gasteiger charge is -2.23. The molecule has 1 aliphatic carbocycles. The van der Waals surface area contributed by atoms with Gasteiger partial charge in [-0.3, -0.25) is 14.8 Å². The number of carbonyl (C=O) groups excluding carboxylic acids is 2. The van der Waals surface area contributed by atoms with Gasteiger partial charge < -0.3 is 4.90 Å². The topological polar surface area (TPSA) is 69.6 Å². The number of hydrogen-bond acceptors (Lipinski definition) is 3. The molecule has 1 aliphatic rings. The van der Waals surface area contributed by atoms with Crippen LogP contribution in [0.1, 0.15) is 27.9 Å². The molecule has 1 atom stereocenters. The molecule has 6 heteroatoms. The van der Waals surface area contributed by atoms with Crippen LogP contribution in [0.15, 0.2) is 36.4 Å². The first-order valence-corrected chi connectivity index (χ1v) is 8.48. The molecule has 3 rings (SSSR count). The summed E-state index contributed by atoms with van der Waals surface area (Å²) >= 11 is 0. The predicted octanol–water partition coefficient (Wildman–Crippen LogP) is 2.80. The number of nitrogens with one attached hydrogen (secondary N) is 1. The Hall–Kier alpha value is -2.73. The van der Waals surface area contributed by atoms with Crippen molar-refractivity contribution in [3.63, 3.8) is 0 Å². The Morgan fingerprint density at radius 3 is 2.46 bits per heavy atom. The van der Waals surface area contributed by atoms with Gasteiger partial charge in [0, 0.05) is 20.0 Å². The van der Waals surface area contributed by atoms with Crippen LogP contribution >= 0.6 is 0 Å². The summed E-state index contributed by atoms with van der Waals surface area (Å²) in [5.41, 5.74) is 5.45. The second-order valence-corrected chi connectivity index (χ2v) is 6.79. The van der Waals surface area contributed by atoms with Crippen LogP contribution in [-0.2, 0) is 17.6 Å². The molecule has 0 aromatic heterocycles. The summed E-state index contributed by atoms with van der Waals surface area (Å²) in [7, 11) is 3.16. The quantitative estimate of drug-likeness (QED) is 0.656. The molecule has 2 aromatic carbocycles. The van der Waals surface area contributed by atoms with Crippen LogP contribution in [-0.4, -0.2) is 36.0 Å². The maximum absolute atomic E-state index is 14.4. The van der Waals surface area contributed by atoms with E-state index in [1.165, 1.54) is 17.0 Å². The van der Waals surface area contributed by atoms with Crippen molar-refractivity contribution in [2.24, 2.45) is 5.92 Å². The summed E-state index contributed by atoms with van der Waals surface area (Å²) in [4.78, 5) is 25.0. The number of rotatable bonds is 3. The SMILES string of the molecule is CN(C)C(=O)c1ccc(-c2ccc3c(c2)CC(C(=O)NO)CC3)cc1F. The fourth-order valence-electron chi connectivity index (χ4n) is 3.36. The minimum atomic E-state index is -0.559. The minimum Gasteiger partial charge on any atom is -0.345 e. The van der Waals surface area contributed by atoms with Gasteiger partial charge in [0.2, 0.25) is 5.91 Å². The van der Waals surface area contributed by atoms with Gasteiger partial charge in [0.1, 0.15) is 5.82 Å². The van der Waals surface area contributed by atoms with Crippen LogP contribution < -0.4 is 5.48 Å². The molecule has 26 heavy (non-hydrogen) atoms. The monoisotopic (exact) mass is 356 g/mol. The Morgan fingerprint density at radius 1 is 1.12 bits per heavy atom. The van der Waals surface area contributed by atoms with Gasteiger partial charge in [0.15, 0.2) is 0 Å². The third-order valence-corrected chi connectivity index (χ3v) is 4.85. The van der Waals surface area contributed by atoms with E-state index in [0.29, 0.717) is 18.4 Å². The van der Waals surface area contributed by atoms with Crippen molar-refractivity contribution in [3.05, 3.63) is 58.9 Å². The first-order chi connectivity index (χ1) is 12.4. The molecule has 0 spiro atoms.